The van der Waals surface area contributed by atoms with Crippen molar-refractivity contribution in [1.82, 2.24) is 4.72 Å². The van der Waals surface area contributed by atoms with Crippen LogP contribution in [0.2, 0.25) is 5.02 Å². The maximum Gasteiger partial charge on any atom is 0.417 e. The van der Waals surface area contributed by atoms with Crippen molar-refractivity contribution >= 4 is 21.6 Å². The van der Waals surface area contributed by atoms with Crippen molar-refractivity contribution in [2.75, 3.05) is 6.61 Å². The van der Waals surface area contributed by atoms with Gasteiger partial charge < -0.3 is 4.74 Å². The van der Waals surface area contributed by atoms with E-state index >= 15 is 0 Å². The molecule has 2 aromatic carbocycles. The molecule has 0 unspecified atom stereocenters. The zero-order valence-electron chi connectivity index (χ0n) is 14.3. The summed E-state index contributed by atoms with van der Waals surface area (Å²) in [7, 11) is -4.59. The summed E-state index contributed by atoms with van der Waals surface area (Å²) in [5.74, 6) is -0.519. The third kappa shape index (κ3) is 4.65. The van der Waals surface area contributed by atoms with E-state index in [1.807, 2.05) is 0 Å². The minimum atomic E-state index is -4.91. The zero-order valence-corrected chi connectivity index (χ0v) is 15.9. The van der Waals surface area contributed by atoms with E-state index < -0.39 is 44.6 Å². The Kier molecular flexibility index (Phi) is 6.00. The third-order valence-electron chi connectivity index (χ3n) is 4.38. The number of ether oxygens (including phenoxy) is 1. The van der Waals surface area contributed by atoms with Crippen molar-refractivity contribution in [3.8, 4) is 0 Å². The Morgan fingerprint density at radius 3 is 2.39 bits per heavy atom. The number of rotatable bonds is 5. The Morgan fingerprint density at radius 1 is 1.14 bits per heavy atom. The van der Waals surface area contributed by atoms with Crippen molar-refractivity contribution in [3.63, 3.8) is 0 Å². The number of alkyl halides is 3. The lowest BCUT2D eigenvalue weighted by molar-refractivity contribution is -0.139. The summed E-state index contributed by atoms with van der Waals surface area (Å²) in [5.41, 5.74) is -0.975. The Hall–Kier alpha value is -1.68. The Balaban J connectivity index is 2.02. The van der Waals surface area contributed by atoms with Crippen LogP contribution >= 0.6 is 11.6 Å². The molecule has 1 aliphatic rings. The van der Waals surface area contributed by atoms with Crippen molar-refractivity contribution in [2.45, 2.75) is 36.1 Å². The monoisotopic (exact) mass is 437 g/mol. The minimum Gasteiger partial charge on any atom is -0.376 e. The van der Waals surface area contributed by atoms with Gasteiger partial charge in [0.25, 0.3) is 0 Å². The SMILES string of the molecule is O=S(=O)(N[C@H](c1ccc(F)cc1)[C@@H]1CCCO1)c1ccc(Cl)cc1C(F)(F)F. The van der Waals surface area contributed by atoms with Gasteiger partial charge in [0.05, 0.1) is 22.6 Å². The molecule has 2 atom stereocenters. The van der Waals surface area contributed by atoms with E-state index in [-0.39, 0.29) is 5.02 Å². The highest BCUT2D eigenvalue weighted by Crippen LogP contribution is 2.37. The molecule has 0 saturated carbocycles. The van der Waals surface area contributed by atoms with Gasteiger partial charge in [0.1, 0.15) is 5.82 Å². The molecule has 4 nitrogen and oxygen atoms in total. The van der Waals surface area contributed by atoms with Crippen LogP contribution in [0.1, 0.15) is 30.0 Å². The van der Waals surface area contributed by atoms with E-state index in [9.17, 15) is 26.0 Å². The van der Waals surface area contributed by atoms with E-state index in [4.69, 9.17) is 16.3 Å². The first-order valence-corrected chi connectivity index (χ1v) is 10.2. The molecule has 0 radical (unpaired) electrons. The Morgan fingerprint density at radius 2 is 1.82 bits per heavy atom. The molecule has 152 valence electrons. The van der Waals surface area contributed by atoms with E-state index in [0.717, 1.165) is 24.3 Å². The van der Waals surface area contributed by atoms with Gasteiger partial charge in [0.2, 0.25) is 10.0 Å². The maximum atomic E-state index is 13.3. The molecule has 0 aliphatic carbocycles. The molecule has 10 heteroatoms. The smallest absolute Gasteiger partial charge is 0.376 e. The fourth-order valence-corrected chi connectivity index (χ4v) is 4.72. The Bertz CT molecular complexity index is 942. The standard InChI is InChI=1S/C18H16ClF4NO3S/c19-12-5-8-16(14(10-12)18(21,22)23)28(25,26)24-17(15-2-1-9-27-15)11-3-6-13(20)7-4-11/h3-8,10,15,17,24H,1-2,9H2/t15-,17+/m0/s1. The number of hydrogen-bond acceptors (Lipinski definition) is 3. The van der Waals surface area contributed by atoms with Crippen LogP contribution in [0.15, 0.2) is 47.4 Å². The molecular formula is C18H16ClF4NO3S. The molecular weight excluding hydrogens is 422 g/mol. The van der Waals surface area contributed by atoms with Crippen LogP contribution in [0.4, 0.5) is 17.6 Å². The molecule has 2 aromatic rings. The molecule has 1 aliphatic heterocycles. The second-order valence-corrected chi connectivity index (χ2v) is 8.46. The van der Waals surface area contributed by atoms with Crippen LogP contribution in [0.3, 0.4) is 0 Å². The van der Waals surface area contributed by atoms with Gasteiger partial charge in [-0.1, -0.05) is 23.7 Å². The van der Waals surface area contributed by atoms with Crippen LogP contribution < -0.4 is 4.72 Å². The highest BCUT2D eigenvalue weighted by molar-refractivity contribution is 7.89. The van der Waals surface area contributed by atoms with Crippen LogP contribution in [-0.4, -0.2) is 21.1 Å². The number of benzene rings is 2. The molecule has 0 spiro atoms. The number of hydrogen-bond donors (Lipinski definition) is 1. The topological polar surface area (TPSA) is 55.4 Å². The minimum absolute atomic E-state index is 0.236. The zero-order chi connectivity index (χ0) is 20.5. The fraction of sp³-hybridized carbons (Fsp3) is 0.333. The molecule has 0 bridgehead atoms. The molecule has 3 rings (SSSR count). The third-order valence-corrected chi connectivity index (χ3v) is 6.12. The van der Waals surface area contributed by atoms with Crippen LogP contribution in [0.25, 0.3) is 0 Å². The first kappa shape index (κ1) is 21.0. The number of halogens is 5. The summed E-state index contributed by atoms with van der Waals surface area (Å²) in [6.07, 6.45) is -4.30. The van der Waals surface area contributed by atoms with E-state index in [1.165, 1.54) is 12.1 Å². The first-order chi connectivity index (χ1) is 13.1. The van der Waals surface area contributed by atoms with Crippen LogP contribution in [0.5, 0.6) is 0 Å². The number of nitrogens with one attached hydrogen (secondary N) is 1. The van der Waals surface area contributed by atoms with Gasteiger partial charge in [-0.05, 0) is 48.7 Å². The predicted molar refractivity (Wildman–Crippen MR) is 94.9 cm³/mol. The quantitative estimate of drug-likeness (QED) is 0.690. The van der Waals surface area contributed by atoms with Gasteiger partial charge in [0.15, 0.2) is 0 Å². The van der Waals surface area contributed by atoms with E-state index in [0.29, 0.717) is 31.1 Å². The van der Waals surface area contributed by atoms with Crippen LogP contribution in [0, 0.1) is 5.82 Å². The summed E-state index contributed by atoms with van der Waals surface area (Å²) in [6, 6.07) is 6.52. The van der Waals surface area contributed by atoms with E-state index in [1.54, 1.807) is 0 Å². The van der Waals surface area contributed by atoms with Crippen molar-refractivity contribution < 1.29 is 30.7 Å². The van der Waals surface area contributed by atoms with Crippen molar-refractivity contribution in [2.24, 2.45) is 0 Å². The van der Waals surface area contributed by atoms with Crippen molar-refractivity contribution in [1.29, 1.82) is 0 Å². The molecule has 1 fully saturated rings. The average molecular weight is 438 g/mol. The van der Waals surface area contributed by atoms with Gasteiger partial charge >= 0.3 is 6.18 Å². The maximum absolute atomic E-state index is 13.3. The van der Waals surface area contributed by atoms with E-state index in [2.05, 4.69) is 4.72 Å². The van der Waals surface area contributed by atoms with Gasteiger partial charge in [-0.3, -0.25) is 0 Å². The van der Waals surface area contributed by atoms with Crippen LogP contribution in [-0.2, 0) is 20.9 Å². The van der Waals surface area contributed by atoms with Crippen molar-refractivity contribution in [3.05, 3.63) is 64.4 Å². The molecule has 1 saturated heterocycles. The Labute approximate surface area is 164 Å². The second kappa shape index (κ2) is 7.98. The molecule has 1 heterocycles. The second-order valence-electron chi connectivity index (χ2n) is 6.34. The highest BCUT2D eigenvalue weighted by atomic mass is 35.5. The highest BCUT2D eigenvalue weighted by Gasteiger charge is 2.39. The lowest BCUT2D eigenvalue weighted by Gasteiger charge is -2.25. The summed E-state index contributed by atoms with van der Waals surface area (Å²) in [6.45, 7) is 0.402. The van der Waals surface area contributed by atoms with Gasteiger partial charge in [0, 0.05) is 11.6 Å². The molecule has 0 aromatic heterocycles. The lowest BCUT2D eigenvalue weighted by atomic mass is 10.0. The largest absolute Gasteiger partial charge is 0.417 e. The first-order valence-electron chi connectivity index (χ1n) is 8.34. The summed E-state index contributed by atoms with van der Waals surface area (Å²) in [4.78, 5) is -0.936. The van der Waals surface area contributed by atoms with Gasteiger partial charge in [-0.15, -0.1) is 0 Å². The average Bonchev–Trinajstić information content (AvgIpc) is 3.14. The predicted octanol–water partition coefficient (Wildman–Crippen LogP) is 4.70. The molecule has 1 N–H and O–H groups in total. The van der Waals surface area contributed by atoms with Gasteiger partial charge in [-0.25, -0.2) is 17.5 Å². The lowest BCUT2D eigenvalue weighted by Crippen LogP contribution is -2.37. The molecule has 28 heavy (non-hydrogen) atoms. The summed E-state index contributed by atoms with van der Waals surface area (Å²) in [5, 5.41) is -0.236. The summed E-state index contributed by atoms with van der Waals surface area (Å²) < 4.78 is 86.8. The molecule has 0 amide bonds. The summed E-state index contributed by atoms with van der Waals surface area (Å²) >= 11 is 5.62. The fourth-order valence-electron chi connectivity index (χ4n) is 3.08. The van der Waals surface area contributed by atoms with Gasteiger partial charge in [-0.2, -0.15) is 13.2 Å². The number of sulfonamides is 1. The normalized spacial score (nSPS) is 19.0.